The highest BCUT2D eigenvalue weighted by Crippen LogP contribution is 2.33. The minimum atomic E-state index is -0.136. The summed E-state index contributed by atoms with van der Waals surface area (Å²) in [6, 6.07) is 5.90. The van der Waals surface area contributed by atoms with E-state index < -0.39 is 0 Å². The Balaban J connectivity index is 2.22. The van der Waals surface area contributed by atoms with Crippen molar-refractivity contribution < 1.29 is 4.39 Å². The molecule has 1 aliphatic rings. The average molecular weight is 222 g/mol. The van der Waals surface area contributed by atoms with Gasteiger partial charge in [-0.05, 0) is 37.0 Å². The van der Waals surface area contributed by atoms with Crippen LogP contribution in [0.5, 0.6) is 0 Å². The molecule has 0 radical (unpaired) electrons. The van der Waals surface area contributed by atoms with E-state index in [0.29, 0.717) is 12.6 Å². The molecule has 0 aromatic heterocycles. The Hall–Kier alpha value is -1.09. The first-order valence-electron chi connectivity index (χ1n) is 6.01. The highest BCUT2D eigenvalue weighted by molar-refractivity contribution is 5.51. The molecule has 0 aliphatic heterocycles. The molecule has 0 saturated heterocycles. The number of halogens is 1. The van der Waals surface area contributed by atoms with Gasteiger partial charge in [-0.3, -0.25) is 0 Å². The van der Waals surface area contributed by atoms with Crippen molar-refractivity contribution in [3.63, 3.8) is 0 Å². The normalized spacial score (nSPS) is 15.2. The fourth-order valence-electron chi connectivity index (χ4n) is 2.04. The lowest BCUT2D eigenvalue weighted by atomic mass is 10.1. The molecular formula is C13H19FN2. The molecule has 0 bridgehead atoms. The van der Waals surface area contributed by atoms with Crippen LogP contribution in [0.3, 0.4) is 0 Å². The van der Waals surface area contributed by atoms with Crippen molar-refractivity contribution in [3.8, 4) is 0 Å². The van der Waals surface area contributed by atoms with Gasteiger partial charge in [-0.15, -0.1) is 0 Å². The highest BCUT2D eigenvalue weighted by Gasteiger charge is 2.29. The summed E-state index contributed by atoms with van der Waals surface area (Å²) in [5.74, 6) is -0.136. The van der Waals surface area contributed by atoms with Gasteiger partial charge in [0.15, 0.2) is 0 Å². The molecule has 2 nitrogen and oxygen atoms in total. The third kappa shape index (κ3) is 2.35. The molecule has 1 aromatic rings. The van der Waals surface area contributed by atoms with Crippen LogP contribution < -0.4 is 10.6 Å². The summed E-state index contributed by atoms with van der Waals surface area (Å²) in [5.41, 5.74) is 7.09. The molecule has 2 N–H and O–H groups in total. The van der Waals surface area contributed by atoms with E-state index in [2.05, 4.69) is 11.8 Å². The molecule has 0 spiro atoms. The second-order valence-electron chi connectivity index (χ2n) is 4.41. The Bertz CT molecular complexity index is 361. The molecule has 1 aliphatic carbocycles. The van der Waals surface area contributed by atoms with Crippen LogP contribution in [0.2, 0.25) is 0 Å². The Morgan fingerprint density at radius 2 is 2.19 bits per heavy atom. The fourth-order valence-corrected chi connectivity index (χ4v) is 2.04. The van der Waals surface area contributed by atoms with Crippen molar-refractivity contribution in [1.29, 1.82) is 0 Å². The standard InChI is InChI=1S/C13H19FN2/c1-2-7-16(11-4-5-11)13-6-3-10(9-15)8-12(13)14/h3,6,8,11H,2,4-5,7,9,15H2,1H3. The number of hydrogen-bond acceptors (Lipinski definition) is 2. The Morgan fingerprint density at radius 1 is 1.44 bits per heavy atom. The first-order valence-corrected chi connectivity index (χ1v) is 6.01. The number of nitrogens with zero attached hydrogens (tertiary/aromatic N) is 1. The molecule has 1 fully saturated rings. The molecule has 0 atom stereocenters. The fraction of sp³-hybridized carbons (Fsp3) is 0.538. The second kappa shape index (κ2) is 4.83. The summed E-state index contributed by atoms with van der Waals surface area (Å²) in [4.78, 5) is 2.19. The van der Waals surface area contributed by atoms with Gasteiger partial charge in [0.1, 0.15) is 5.82 Å². The van der Waals surface area contributed by atoms with Crippen LogP contribution in [-0.2, 0) is 6.54 Å². The summed E-state index contributed by atoms with van der Waals surface area (Å²) >= 11 is 0. The molecule has 16 heavy (non-hydrogen) atoms. The quantitative estimate of drug-likeness (QED) is 0.830. The maximum Gasteiger partial charge on any atom is 0.146 e. The van der Waals surface area contributed by atoms with E-state index in [1.807, 2.05) is 12.1 Å². The first kappa shape index (κ1) is 11.4. The predicted octanol–water partition coefficient (Wildman–Crippen LogP) is 2.66. The van der Waals surface area contributed by atoms with Crippen LogP contribution >= 0.6 is 0 Å². The van der Waals surface area contributed by atoms with Crippen LogP contribution in [0.4, 0.5) is 10.1 Å². The van der Waals surface area contributed by atoms with Gasteiger partial charge in [0.2, 0.25) is 0 Å². The van der Waals surface area contributed by atoms with E-state index in [1.54, 1.807) is 6.07 Å². The van der Waals surface area contributed by atoms with Crippen molar-refractivity contribution in [2.24, 2.45) is 5.73 Å². The Morgan fingerprint density at radius 3 is 2.69 bits per heavy atom. The maximum absolute atomic E-state index is 13.9. The summed E-state index contributed by atoms with van der Waals surface area (Å²) in [7, 11) is 0. The van der Waals surface area contributed by atoms with E-state index in [1.165, 1.54) is 12.8 Å². The van der Waals surface area contributed by atoms with Gasteiger partial charge in [-0.2, -0.15) is 0 Å². The number of nitrogens with two attached hydrogens (primary N) is 1. The smallest absolute Gasteiger partial charge is 0.146 e. The lowest BCUT2D eigenvalue weighted by Crippen LogP contribution is -2.27. The first-order chi connectivity index (χ1) is 7.76. The summed E-state index contributed by atoms with van der Waals surface area (Å²) in [5, 5.41) is 0. The highest BCUT2D eigenvalue weighted by atomic mass is 19.1. The number of benzene rings is 1. The Kier molecular flexibility index (Phi) is 3.44. The molecule has 1 saturated carbocycles. The molecule has 88 valence electrons. The van der Waals surface area contributed by atoms with E-state index >= 15 is 0 Å². The van der Waals surface area contributed by atoms with Gasteiger partial charge in [0, 0.05) is 19.1 Å². The maximum atomic E-state index is 13.9. The zero-order chi connectivity index (χ0) is 11.5. The molecule has 0 unspecified atom stereocenters. The van der Waals surface area contributed by atoms with Gasteiger partial charge in [0.05, 0.1) is 5.69 Å². The van der Waals surface area contributed by atoms with E-state index in [0.717, 1.165) is 24.2 Å². The van der Waals surface area contributed by atoms with Crippen molar-refractivity contribution in [3.05, 3.63) is 29.6 Å². The minimum absolute atomic E-state index is 0.136. The van der Waals surface area contributed by atoms with Gasteiger partial charge in [0.25, 0.3) is 0 Å². The summed E-state index contributed by atoms with van der Waals surface area (Å²) < 4.78 is 13.9. The topological polar surface area (TPSA) is 29.3 Å². The number of anilines is 1. The SMILES string of the molecule is CCCN(c1ccc(CN)cc1F)C1CC1. The van der Waals surface area contributed by atoms with Gasteiger partial charge >= 0.3 is 0 Å². The monoisotopic (exact) mass is 222 g/mol. The van der Waals surface area contributed by atoms with Crippen molar-refractivity contribution in [2.45, 2.75) is 38.8 Å². The summed E-state index contributed by atoms with van der Waals surface area (Å²) in [6.07, 6.45) is 3.44. The lowest BCUT2D eigenvalue weighted by Gasteiger charge is -2.24. The van der Waals surface area contributed by atoms with Crippen LogP contribution in [0, 0.1) is 5.82 Å². The van der Waals surface area contributed by atoms with E-state index in [-0.39, 0.29) is 5.82 Å². The largest absolute Gasteiger partial charge is 0.366 e. The van der Waals surface area contributed by atoms with Crippen molar-refractivity contribution >= 4 is 5.69 Å². The molecular weight excluding hydrogens is 203 g/mol. The molecule has 2 rings (SSSR count). The second-order valence-corrected chi connectivity index (χ2v) is 4.41. The zero-order valence-electron chi connectivity index (χ0n) is 9.75. The average Bonchev–Trinajstić information content (AvgIpc) is 3.10. The molecule has 1 aromatic carbocycles. The third-order valence-corrected chi connectivity index (χ3v) is 3.01. The predicted molar refractivity (Wildman–Crippen MR) is 65.0 cm³/mol. The third-order valence-electron chi connectivity index (χ3n) is 3.01. The zero-order valence-corrected chi connectivity index (χ0v) is 9.75. The molecule has 0 heterocycles. The Labute approximate surface area is 96.2 Å². The van der Waals surface area contributed by atoms with E-state index in [4.69, 9.17) is 5.73 Å². The van der Waals surface area contributed by atoms with Crippen LogP contribution in [0.1, 0.15) is 31.7 Å². The van der Waals surface area contributed by atoms with Crippen molar-refractivity contribution in [2.75, 3.05) is 11.4 Å². The summed E-state index contributed by atoms with van der Waals surface area (Å²) in [6.45, 7) is 3.46. The van der Waals surface area contributed by atoms with Gasteiger partial charge in [-0.1, -0.05) is 13.0 Å². The van der Waals surface area contributed by atoms with E-state index in [9.17, 15) is 4.39 Å². The molecule has 0 amide bonds. The minimum Gasteiger partial charge on any atom is -0.366 e. The van der Waals surface area contributed by atoms with Crippen LogP contribution in [0.15, 0.2) is 18.2 Å². The van der Waals surface area contributed by atoms with Gasteiger partial charge in [-0.25, -0.2) is 4.39 Å². The number of rotatable bonds is 5. The van der Waals surface area contributed by atoms with Gasteiger partial charge < -0.3 is 10.6 Å². The van der Waals surface area contributed by atoms with Crippen LogP contribution in [0.25, 0.3) is 0 Å². The van der Waals surface area contributed by atoms with Crippen molar-refractivity contribution in [1.82, 2.24) is 0 Å². The number of hydrogen-bond donors (Lipinski definition) is 1. The molecule has 3 heteroatoms. The lowest BCUT2D eigenvalue weighted by molar-refractivity contribution is 0.611. The van der Waals surface area contributed by atoms with Crippen LogP contribution in [-0.4, -0.2) is 12.6 Å².